The van der Waals surface area contributed by atoms with E-state index >= 15 is 0 Å². The van der Waals surface area contributed by atoms with E-state index in [4.69, 9.17) is 11.1 Å². The van der Waals surface area contributed by atoms with Crippen LogP contribution in [0.3, 0.4) is 0 Å². The van der Waals surface area contributed by atoms with Gasteiger partial charge in [0.05, 0.1) is 11.5 Å². The minimum atomic E-state index is 0.276. The molecule has 1 aliphatic heterocycles. The number of aryl methyl sites for hydroxylation is 1. The maximum atomic E-state index is 7.41. The van der Waals surface area contributed by atoms with Crippen molar-refractivity contribution in [3.63, 3.8) is 0 Å². The van der Waals surface area contributed by atoms with E-state index in [1.165, 1.54) is 0 Å². The summed E-state index contributed by atoms with van der Waals surface area (Å²) in [7, 11) is 1.87. The molecular weight excluding hydrogens is 204 g/mol. The molecule has 88 valence electrons. The zero-order valence-electron chi connectivity index (χ0n) is 9.56. The molecule has 0 saturated carbocycles. The average Bonchev–Trinajstić information content (AvgIpc) is 2.65. The van der Waals surface area contributed by atoms with E-state index in [0.717, 1.165) is 38.2 Å². The van der Waals surface area contributed by atoms with Crippen LogP contribution in [-0.2, 0) is 13.6 Å². The number of nitrogens with zero attached hydrogens (tertiary/aromatic N) is 4. The molecule has 3 N–H and O–H groups in total. The third-order valence-electron chi connectivity index (χ3n) is 3.06. The van der Waals surface area contributed by atoms with Gasteiger partial charge in [-0.2, -0.15) is 0 Å². The molecule has 1 fully saturated rings. The molecule has 1 aromatic rings. The van der Waals surface area contributed by atoms with Gasteiger partial charge in [0.25, 0.3) is 0 Å². The molecule has 2 heterocycles. The summed E-state index contributed by atoms with van der Waals surface area (Å²) in [5.74, 6) is 0.609. The van der Waals surface area contributed by atoms with Crippen LogP contribution in [0.1, 0.15) is 18.5 Å². The Labute approximate surface area is 94.9 Å². The molecule has 0 aromatic carbocycles. The Kier molecular flexibility index (Phi) is 3.19. The second-order valence-corrected chi connectivity index (χ2v) is 4.39. The standard InChI is InChI=1S/C10H18N6/c1-15-6-9(13-14-15)7-16-4-2-8(3-5-16)10(11)12/h6,8H,2-5,7H2,1H3,(H3,11,12). The van der Waals surface area contributed by atoms with Crippen molar-refractivity contribution in [2.45, 2.75) is 19.4 Å². The van der Waals surface area contributed by atoms with E-state index in [1.54, 1.807) is 4.68 Å². The molecule has 6 heteroatoms. The first-order valence-electron chi connectivity index (χ1n) is 5.56. The molecule has 1 aromatic heterocycles. The predicted octanol–water partition coefficient (Wildman–Crippen LogP) is -0.0369. The van der Waals surface area contributed by atoms with Gasteiger partial charge in [0.15, 0.2) is 0 Å². The highest BCUT2D eigenvalue weighted by molar-refractivity contribution is 5.79. The highest BCUT2D eigenvalue weighted by Crippen LogP contribution is 2.17. The minimum absolute atomic E-state index is 0.276. The number of nitrogens with two attached hydrogens (primary N) is 1. The van der Waals surface area contributed by atoms with Crippen LogP contribution in [0.25, 0.3) is 0 Å². The monoisotopic (exact) mass is 222 g/mol. The van der Waals surface area contributed by atoms with E-state index in [1.807, 2.05) is 13.2 Å². The Hall–Kier alpha value is -1.43. The lowest BCUT2D eigenvalue weighted by molar-refractivity contribution is 0.199. The third kappa shape index (κ3) is 2.57. The van der Waals surface area contributed by atoms with Crippen LogP contribution in [0.15, 0.2) is 6.20 Å². The lowest BCUT2D eigenvalue weighted by Crippen LogP contribution is -2.37. The number of aromatic nitrogens is 3. The van der Waals surface area contributed by atoms with Crippen molar-refractivity contribution in [1.29, 1.82) is 5.41 Å². The molecule has 0 spiro atoms. The molecule has 1 aliphatic rings. The van der Waals surface area contributed by atoms with Gasteiger partial charge in [0.1, 0.15) is 0 Å². The Morgan fingerprint density at radius 3 is 2.75 bits per heavy atom. The lowest BCUT2D eigenvalue weighted by Gasteiger charge is -2.30. The number of piperidine rings is 1. The molecule has 6 nitrogen and oxygen atoms in total. The smallest absolute Gasteiger partial charge is 0.0966 e. The fourth-order valence-electron chi connectivity index (χ4n) is 2.10. The summed E-state index contributed by atoms with van der Waals surface area (Å²) in [6, 6.07) is 0. The van der Waals surface area contributed by atoms with E-state index < -0.39 is 0 Å². The second kappa shape index (κ2) is 4.61. The van der Waals surface area contributed by atoms with Crippen molar-refractivity contribution in [2.75, 3.05) is 13.1 Å². The van der Waals surface area contributed by atoms with Gasteiger partial charge in [-0.1, -0.05) is 5.21 Å². The van der Waals surface area contributed by atoms with Crippen LogP contribution in [-0.4, -0.2) is 38.8 Å². The van der Waals surface area contributed by atoms with E-state index in [2.05, 4.69) is 15.2 Å². The molecular formula is C10H18N6. The molecule has 0 unspecified atom stereocenters. The van der Waals surface area contributed by atoms with Crippen LogP contribution in [0, 0.1) is 11.3 Å². The van der Waals surface area contributed by atoms with Gasteiger partial charge in [-0.3, -0.25) is 15.0 Å². The average molecular weight is 222 g/mol. The largest absolute Gasteiger partial charge is 0.387 e. The minimum Gasteiger partial charge on any atom is -0.387 e. The summed E-state index contributed by atoms with van der Waals surface area (Å²) in [4.78, 5) is 2.34. The van der Waals surface area contributed by atoms with E-state index in [9.17, 15) is 0 Å². The van der Waals surface area contributed by atoms with Crippen molar-refractivity contribution in [3.8, 4) is 0 Å². The fraction of sp³-hybridized carbons (Fsp3) is 0.700. The highest BCUT2D eigenvalue weighted by Gasteiger charge is 2.21. The normalized spacial score (nSPS) is 18.8. The van der Waals surface area contributed by atoms with Gasteiger partial charge in [-0.15, -0.1) is 5.10 Å². The van der Waals surface area contributed by atoms with Gasteiger partial charge >= 0.3 is 0 Å². The van der Waals surface area contributed by atoms with E-state index in [0.29, 0.717) is 5.84 Å². The Balaban J connectivity index is 1.83. The summed E-state index contributed by atoms with van der Waals surface area (Å²) in [6.07, 6.45) is 3.91. The number of rotatable bonds is 3. The number of hydrogen-bond acceptors (Lipinski definition) is 4. The molecule has 0 bridgehead atoms. The first kappa shape index (κ1) is 11.1. The maximum absolute atomic E-state index is 7.41. The van der Waals surface area contributed by atoms with Gasteiger partial charge in [0.2, 0.25) is 0 Å². The Bertz CT molecular complexity index is 363. The maximum Gasteiger partial charge on any atom is 0.0966 e. The van der Waals surface area contributed by atoms with Crippen molar-refractivity contribution in [2.24, 2.45) is 18.7 Å². The van der Waals surface area contributed by atoms with Gasteiger partial charge in [0, 0.05) is 25.7 Å². The summed E-state index contributed by atoms with van der Waals surface area (Å²) < 4.78 is 1.72. The van der Waals surface area contributed by atoms with Crippen LogP contribution in [0.2, 0.25) is 0 Å². The Morgan fingerprint density at radius 2 is 2.25 bits per heavy atom. The molecule has 1 saturated heterocycles. The first-order valence-corrected chi connectivity index (χ1v) is 5.56. The van der Waals surface area contributed by atoms with Gasteiger partial charge in [-0.25, -0.2) is 0 Å². The first-order chi connectivity index (χ1) is 7.65. The predicted molar refractivity (Wildman–Crippen MR) is 60.9 cm³/mol. The molecule has 0 radical (unpaired) electrons. The number of likely N-dealkylation sites (tertiary alicyclic amines) is 1. The van der Waals surface area contributed by atoms with Gasteiger partial charge < -0.3 is 5.73 Å². The number of hydrogen-bond donors (Lipinski definition) is 2. The highest BCUT2D eigenvalue weighted by atomic mass is 15.4. The van der Waals surface area contributed by atoms with Crippen molar-refractivity contribution in [3.05, 3.63) is 11.9 Å². The van der Waals surface area contributed by atoms with Gasteiger partial charge in [-0.05, 0) is 25.9 Å². The second-order valence-electron chi connectivity index (χ2n) is 4.39. The summed E-state index contributed by atoms with van der Waals surface area (Å²) in [5, 5.41) is 15.4. The quantitative estimate of drug-likeness (QED) is 0.555. The van der Waals surface area contributed by atoms with Crippen molar-refractivity contribution >= 4 is 5.84 Å². The zero-order valence-corrected chi connectivity index (χ0v) is 9.56. The number of nitrogens with one attached hydrogen (secondary N) is 1. The number of amidine groups is 1. The lowest BCUT2D eigenvalue weighted by atomic mass is 9.96. The van der Waals surface area contributed by atoms with Crippen LogP contribution >= 0.6 is 0 Å². The zero-order chi connectivity index (χ0) is 11.5. The van der Waals surface area contributed by atoms with Crippen molar-refractivity contribution in [1.82, 2.24) is 19.9 Å². The Morgan fingerprint density at radius 1 is 1.56 bits per heavy atom. The summed E-state index contributed by atoms with van der Waals surface area (Å²) in [6.45, 7) is 2.82. The van der Waals surface area contributed by atoms with Crippen LogP contribution in [0.5, 0.6) is 0 Å². The molecule has 0 aliphatic carbocycles. The summed E-state index contributed by atoms with van der Waals surface area (Å²) >= 11 is 0. The fourth-order valence-corrected chi connectivity index (χ4v) is 2.10. The topological polar surface area (TPSA) is 83.8 Å². The molecule has 0 amide bonds. The molecule has 16 heavy (non-hydrogen) atoms. The third-order valence-corrected chi connectivity index (χ3v) is 3.06. The SMILES string of the molecule is Cn1cc(CN2CCC(C(=N)N)CC2)nn1. The van der Waals surface area contributed by atoms with Crippen LogP contribution < -0.4 is 5.73 Å². The van der Waals surface area contributed by atoms with Crippen molar-refractivity contribution < 1.29 is 0 Å². The molecule has 0 atom stereocenters. The van der Waals surface area contributed by atoms with E-state index in [-0.39, 0.29) is 5.92 Å². The molecule has 2 rings (SSSR count). The summed E-state index contributed by atoms with van der Waals surface area (Å²) in [5.41, 5.74) is 6.51. The van der Waals surface area contributed by atoms with Crippen LogP contribution in [0.4, 0.5) is 0 Å².